The normalized spacial score (nSPS) is 16.5. The Kier molecular flexibility index (Phi) is 4.80. The predicted octanol–water partition coefficient (Wildman–Crippen LogP) is 4.01. The number of carbonyl (C=O) groups excluding carboxylic acids is 1. The van der Waals surface area contributed by atoms with Crippen molar-refractivity contribution in [1.29, 1.82) is 0 Å². The molecule has 1 amide bonds. The fraction of sp³-hybridized carbons (Fsp3) is 0.304. The fourth-order valence-corrected chi connectivity index (χ4v) is 4.15. The van der Waals surface area contributed by atoms with Crippen LogP contribution < -0.4 is 0 Å². The molecule has 4 heteroatoms. The number of nitrogens with zero attached hydrogens (tertiary/aromatic N) is 3. The van der Waals surface area contributed by atoms with E-state index in [0.717, 1.165) is 18.5 Å². The second-order valence-electron chi connectivity index (χ2n) is 7.27. The average molecular weight is 359 g/mol. The van der Waals surface area contributed by atoms with Gasteiger partial charge in [-0.15, -0.1) is 0 Å². The highest BCUT2D eigenvalue weighted by Gasteiger charge is 2.41. The Morgan fingerprint density at radius 3 is 2.19 bits per heavy atom. The molecule has 0 N–H and O–H groups in total. The van der Waals surface area contributed by atoms with Crippen LogP contribution in [-0.4, -0.2) is 27.1 Å². The first-order chi connectivity index (χ1) is 13.2. The van der Waals surface area contributed by atoms with Gasteiger partial charge in [0.15, 0.2) is 0 Å². The molecule has 1 aliphatic heterocycles. The molecule has 0 aliphatic carbocycles. The van der Waals surface area contributed by atoms with Gasteiger partial charge >= 0.3 is 0 Å². The number of hydrogen-bond donors (Lipinski definition) is 0. The molecule has 27 heavy (non-hydrogen) atoms. The second-order valence-corrected chi connectivity index (χ2v) is 7.27. The number of aryl methyl sites for hydroxylation is 1. The molecule has 0 atom stereocenters. The van der Waals surface area contributed by atoms with Crippen LogP contribution in [-0.2, 0) is 23.3 Å². The molecule has 4 nitrogen and oxygen atoms in total. The van der Waals surface area contributed by atoms with Crippen LogP contribution in [0.4, 0.5) is 0 Å². The number of benzene rings is 2. The first-order valence-electron chi connectivity index (χ1n) is 9.61. The predicted molar refractivity (Wildman–Crippen MR) is 106 cm³/mol. The molecule has 138 valence electrons. The molecular weight excluding hydrogens is 334 g/mol. The minimum atomic E-state index is -0.169. The van der Waals surface area contributed by atoms with Crippen molar-refractivity contribution in [2.75, 3.05) is 6.54 Å². The number of carbonyl (C=O) groups is 1. The smallest absolute Gasteiger partial charge is 0.222 e. The van der Waals surface area contributed by atoms with Gasteiger partial charge in [0.1, 0.15) is 0 Å². The fourth-order valence-electron chi connectivity index (χ4n) is 4.15. The van der Waals surface area contributed by atoms with Crippen molar-refractivity contribution in [3.05, 3.63) is 89.7 Å². The van der Waals surface area contributed by atoms with Gasteiger partial charge < -0.3 is 4.90 Å². The molecule has 2 aromatic carbocycles. The van der Waals surface area contributed by atoms with E-state index in [1.165, 1.54) is 11.1 Å². The topological polar surface area (TPSA) is 38.1 Å². The molecule has 4 rings (SSSR count). The Bertz CT molecular complexity index is 862. The number of piperidine rings is 1. The van der Waals surface area contributed by atoms with Crippen molar-refractivity contribution >= 4 is 5.91 Å². The molecule has 1 fully saturated rings. The van der Waals surface area contributed by atoms with E-state index in [2.05, 4.69) is 60.6 Å². The van der Waals surface area contributed by atoms with E-state index in [-0.39, 0.29) is 11.3 Å². The van der Waals surface area contributed by atoms with E-state index in [1.807, 2.05) is 34.1 Å². The summed E-state index contributed by atoms with van der Waals surface area (Å²) in [7, 11) is 0. The van der Waals surface area contributed by atoms with Crippen LogP contribution in [0.1, 0.15) is 36.5 Å². The van der Waals surface area contributed by atoms with Gasteiger partial charge in [-0.05, 0) is 24.5 Å². The van der Waals surface area contributed by atoms with Gasteiger partial charge in [0, 0.05) is 43.2 Å². The Balaban J connectivity index is 1.70. The standard InChI is InChI=1S/C23H25N3O/c1-2-26-17-19(15-24-26)16-25-18-23(14-13-22(25)27,20-9-5-3-6-10-20)21-11-7-4-8-12-21/h3-12,15,17H,2,13-14,16,18H2,1H3. The Morgan fingerprint density at radius 1 is 1.00 bits per heavy atom. The van der Waals surface area contributed by atoms with Gasteiger partial charge in [-0.25, -0.2) is 0 Å². The maximum Gasteiger partial charge on any atom is 0.222 e. The lowest BCUT2D eigenvalue weighted by molar-refractivity contribution is -0.135. The van der Waals surface area contributed by atoms with Gasteiger partial charge in [0.25, 0.3) is 0 Å². The van der Waals surface area contributed by atoms with Crippen LogP contribution in [0.3, 0.4) is 0 Å². The maximum absolute atomic E-state index is 12.7. The van der Waals surface area contributed by atoms with Crippen LogP contribution in [0.5, 0.6) is 0 Å². The van der Waals surface area contributed by atoms with E-state index >= 15 is 0 Å². The molecule has 0 radical (unpaired) electrons. The molecule has 0 unspecified atom stereocenters. The SMILES string of the molecule is CCn1cc(CN2CC(c3ccccc3)(c3ccccc3)CCC2=O)cn1. The third-order valence-electron chi connectivity index (χ3n) is 5.62. The number of hydrogen-bond acceptors (Lipinski definition) is 2. The van der Waals surface area contributed by atoms with Crippen molar-refractivity contribution in [3.8, 4) is 0 Å². The summed E-state index contributed by atoms with van der Waals surface area (Å²) in [6.45, 7) is 4.21. The third kappa shape index (κ3) is 3.39. The van der Waals surface area contributed by atoms with Gasteiger partial charge in [-0.2, -0.15) is 5.10 Å². The van der Waals surface area contributed by atoms with Crippen LogP contribution in [0.25, 0.3) is 0 Å². The molecule has 2 heterocycles. The minimum Gasteiger partial charge on any atom is -0.337 e. The Hall–Kier alpha value is -2.88. The first kappa shape index (κ1) is 17.5. The summed E-state index contributed by atoms with van der Waals surface area (Å²) >= 11 is 0. The summed E-state index contributed by atoms with van der Waals surface area (Å²) < 4.78 is 1.91. The first-order valence-corrected chi connectivity index (χ1v) is 9.61. The third-order valence-corrected chi connectivity index (χ3v) is 5.62. The van der Waals surface area contributed by atoms with Crippen LogP contribution in [0.2, 0.25) is 0 Å². The van der Waals surface area contributed by atoms with Gasteiger partial charge in [0.05, 0.1) is 6.20 Å². The number of amides is 1. The van der Waals surface area contributed by atoms with E-state index in [9.17, 15) is 4.79 Å². The average Bonchev–Trinajstić information content (AvgIpc) is 3.19. The Labute approximate surface area is 160 Å². The summed E-state index contributed by atoms with van der Waals surface area (Å²) in [5, 5.41) is 4.36. The van der Waals surface area contributed by atoms with E-state index in [0.29, 0.717) is 19.5 Å². The molecule has 3 aromatic rings. The van der Waals surface area contributed by atoms with Crippen LogP contribution in [0.15, 0.2) is 73.1 Å². The molecule has 0 saturated carbocycles. The summed E-state index contributed by atoms with van der Waals surface area (Å²) in [5.41, 5.74) is 3.47. The zero-order valence-corrected chi connectivity index (χ0v) is 15.7. The molecule has 1 aliphatic rings. The molecule has 0 spiro atoms. The highest BCUT2D eigenvalue weighted by molar-refractivity contribution is 5.78. The van der Waals surface area contributed by atoms with Crippen molar-refractivity contribution in [1.82, 2.24) is 14.7 Å². The van der Waals surface area contributed by atoms with E-state index in [1.54, 1.807) is 0 Å². The van der Waals surface area contributed by atoms with E-state index < -0.39 is 0 Å². The summed E-state index contributed by atoms with van der Waals surface area (Å²) in [6, 6.07) is 21.2. The highest BCUT2D eigenvalue weighted by Crippen LogP contribution is 2.41. The molecule has 0 bridgehead atoms. The van der Waals surface area contributed by atoms with Crippen molar-refractivity contribution < 1.29 is 4.79 Å². The minimum absolute atomic E-state index is 0.169. The lowest BCUT2D eigenvalue weighted by atomic mass is 9.69. The van der Waals surface area contributed by atoms with Gasteiger partial charge in [0.2, 0.25) is 5.91 Å². The monoisotopic (exact) mass is 359 g/mol. The molecular formula is C23H25N3O. The summed E-state index contributed by atoms with van der Waals surface area (Å²) in [5.74, 6) is 0.224. The van der Waals surface area contributed by atoms with Gasteiger partial charge in [-0.3, -0.25) is 9.48 Å². The van der Waals surface area contributed by atoms with Gasteiger partial charge in [-0.1, -0.05) is 60.7 Å². The summed E-state index contributed by atoms with van der Waals surface area (Å²) in [4.78, 5) is 14.7. The molecule has 1 saturated heterocycles. The number of likely N-dealkylation sites (tertiary alicyclic amines) is 1. The number of aromatic nitrogens is 2. The van der Waals surface area contributed by atoms with Crippen molar-refractivity contribution in [3.63, 3.8) is 0 Å². The van der Waals surface area contributed by atoms with Crippen LogP contribution >= 0.6 is 0 Å². The van der Waals surface area contributed by atoms with Crippen molar-refractivity contribution in [2.24, 2.45) is 0 Å². The summed E-state index contributed by atoms with van der Waals surface area (Å²) in [6.07, 6.45) is 5.31. The highest BCUT2D eigenvalue weighted by atomic mass is 16.2. The lowest BCUT2D eigenvalue weighted by Gasteiger charge is -2.43. The second kappa shape index (κ2) is 7.39. The van der Waals surface area contributed by atoms with Crippen LogP contribution in [0, 0.1) is 0 Å². The number of rotatable bonds is 5. The Morgan fingerprint density at radius 2 is 1.63 bits per heavy atom. The lowest BCUT2D eigenvalue weighted by Crippen LogP contribution is -2.49. The zero-order chi connectivity index (χ0) is 18.7. The maximum atomic E-state index is 12.7. The van der Waals surface area contributed by atoms with E-state index in [4.69, 9.17) is 0 Å². The quantitative estimate of drug-likeness (QED) is 0.690. The molecule has 1 aromatic heterocycles. The largest absolute Gasteiger partial charge is 0.337 e. The zero-order valence-electron chi connectivity index (χ0n) is 15.7. The van der Waals surface area contributed by atoms with Crippen molar-refractivity contribution in [2.45, 2.75) is 38.3 Å².